The van der Waals surface area contributed by atoms with E-state index >= 15 is 0 Å². The van der Waals surface area contributed by atoms with E-state index in [1.807, 2.05) is 4.57 Å². The Morgan fingerprint density at radius 2 is 1.85 bits per heavy atom. The van der Waals surface area contributed by atoms with E-state index < -0.39 is 5.79 Å². The number of imidazole rings is 1. The van der Waals surface area contributed by atoms with Gasteiger partial charge in [0.1, 0.15) is 0 Å². The smallest absolute Gasteiger partial charge is 0.326 e. The number of anilines is 2. The molecule has 7 heteroatoms. The molecule has 1 aromatic heterocycles. The summed E-state index contributed by atoms with van der Waals surface area (Å²) in [6, 6.07) is 4.62. The van der Waals surface area contributed by atoms with E-state index in [0.29, 0.717) is 19.1 Å². The van der Waals surface area contributed by atoms with Crippen molar-refractivity contribution >= 4 is 22.4 Å². The molecule has 2 saturated heterocycles. The van der Waals surface area contributed by atoms with Crippen LogP contribution in [0.2, 0.25) is 0 Å². The maximum absolute atomic E-state index is 13.0. The van der Waals surface area contributed by atoms with Gasteiger partial charge in [0.2, 0.25) is 0 Å². The molecule has 1 unspecified atom stereocenters. The van der Waals surface area contributed by atoms with Crippen molar-refractivity contribution in [3.05, 3.63) is 46.9 Å². The molecule has 2 aromatic rings. The summed E-state index contributed by atoms with van der Waals surface area (Å²) in [5, 5.41) is 3.74. The lowest BCUT2D eigenvalue weighted by molar-refractivity contribution is -0.169. The van der Waals surface area contributed by atoms with Gasteiger partial charge in [-0.05, 0) is 37.3 Å². The first-order chi connectivity index (χ1) is 16.7. The summed E-state index contributed by atoms with van der Waals surface area (Å²) >= 11 is 0. The molecule has 1 saturated carbocycles. The second kappa shape index (κ2) is 9.27. The van der Waals surface area contributed by atoms with Crippen LogP contribution in [-0.2, 0) is 16.0 Å². The largest absolute Gasteiger partial charge is 0.377 e. The maximum atomic E-state index is 13.0. The van der Waals surface area contributed by atoms with Crippen molar-refractivity contribution in [1.82, 2.24) is 9.55 Å². The molecule has 7 nitrogen and oxygen atoms in total. The maximum Gasteiger partial charge on any atom is 0.326 e. The van der Waals surface area contributed by atoms with Crippen LogP contribution in [0.25, 0.3) is 11.0 Å². The fourth-order valence-corrected chi connectivity index (χ4v) is 6.14. The molecule has 1 aromatic carbocycles. The Morgan fingerprint density at radius 1 is 1.06 bits per heavy atom. The van der Waals surface area contributed by atoms with Crippen LogP contribution >= 0.6 is 0 Å². The van der Waals surface area contributed by atoms with Gasteiger partial charge >= 0.3 is 5.69 Å². The number of nitrogens with zero attached hydrogens (tertiary/aromatic N) is 2. The average molecular weight is 465 g/mol. The Morgan fingerprint density at radius 3 is 2.59 bits per heavy atom. The number of rotatable bonds is 5. The summed E-state index contributed by atoms with van der Waals surface area (Å²) < 4.78 is 13.9. The van der Waals surface area contributed by atoms with Crippen molar-refractivity contribution in [2.75, 3.05) is 36.5 Å². The van der Waals surface area contributed by atoms with Gasteiger partial charge in [-0.25, -0.2) is 4.79 Å². The first-order valence-corrected chi connectivity index (χ1v) is 13.1. The molecule has 0 amide bonds. The van der Waals surface area contributed by atoms with Crippen LogP contribution in [0.3, 0.4) is 0 Å². The molecule has 0 radical (unpaired) electrons. The van der Waals surface area contributed by atoms with Gasteiger partial charge in [-0.15, -0.1) is 0 Å². The van der Waals surface area contributed by atoms with Gasteiger partial charge in [-0.2, -0.15) is 0 Å². The Balaban J connectivity index is 1.34. The topological polar surface area (TPSA) is 71.5 Å². The third-order valence-corrected chi connectivity index (χ3v) is 8.06. The fraction of sp³-hybridized carbons (Fsp3) is 0.593. The monoisotopic (exact) mass is 464 g/mol. The lowest BCUT2D eigenvalue weighted by Crippen LogP contribution is -2.45. The summed E-state index contributed by atoms with van der Waals surface area (Å²) in [7, 11) is 0. The molecular weight excluding hydrogens is 428 g/mol. The Kier molecular flexibility index (Phi) is 5.99. The van der Waals surface area contributed by atoms with Gasteiger partial charge < -0.3 is 24.7 Å². The molecule has 3 heterocycles. The molecule has 34 heavy (non-hydrogen) atoms. The first-order valence-electron chi connectivity index (χ1n) is 13.1. The van der Waals surface area contributed by atoms with Gasteiger partial charge in [0.15, 0.2) is 5.79 Å². The predicted octanol–water partition coefficient (Wildman–Crippen LogP) is 4.55. The van der Waals surface area contributed by atoms with Crippen LogP contribution in [-0.4, -0.2) is 47.7 Å². The molecule has 1 spiro atoms. The second-order valence-corrected chi connectivity index (χ2v) is 10.3. The van der Waals surface area contributed by atoms with Crippen LogP contribution in [0.15, 0.2) is 41.2 Å². The third-order valence-electron chi connectivity index (χ3n) is 8.06. The molecule has 1 atom stereocenters. The van der Waals surface area contributed by atoms with E-state index in [-0.39, 0.29) is 11.7 Å². The Hall–Kier alpha value is -2.51. The zero-order valence-electron chi connectivity index (χ0n) is 19.9. The summed E-state index contributed by atoms with van der Waals surface area (Å²) in [6.45, 7) is 3.94. The predicted molar refractivity (Wildman–Crippen MR) is 136 cm³/mol. The van der Waals surface area contributed by atoms with Crippen LogP contribution in [0, 0.1) is 5.92 Å². The number of aromatic amines is 1. The SMILES string of the molecule is O=c1[nH]c2cc(NC3C=CC=CC3)c(N3CCC4(CC3)OCCO4)cc2n1CC1CCCCC1. The van der Waals surface area contributed by atoms with Crippen molar-refractivity contribution in [3.8, 4) is 0 Å². The number of allylic oxidation sites excluding steroid dienone is 2. The van der Waals surface area contributed by atoms with Crippen LogP contribution in [0.5, 0.6) is 0 Å². The lowest BCUT2D eigenvalue weighted by atomic mass is 9.89. The molecule has 4 aliphatic rings. The zero-order valence-corrected chi connectivity index (χ0v) is 19.9. The van der Waals surface area contributed by atoms with Crippen LogP contribution in [0.1, 0.15) is 51.4 Å². The van der Waals surface area contributed by atoms with Gasteiger partial charge in [-0.1, -0.05) is 43.6 Å². The quantitative estimate of drug-likeness (QED) is 0.679. The molecule has 182 valence electrons. The van der Waals surface area contributed by atoms with E-state index in [4.69, 9.17) is 9.47 Å². The number of ether oxygens (including phenoxy) is 2. The van der Waals surface area contributed by atoms with Crippen molar-refractivity contribution in [2.45, 2.75) is 69.7 Å². The highest BCUT2D eigenvalue weighted by atomic mass is 16.7. The molecule has 2 N–H and O–H groups in total. The highest BCUT2D eigenvalue weighted by Gasteiger charge is 2.40. The second-order valence-electron chi connectivity index (χ2n) is 10.3. The van der Waals surface area contributed by atoms with Gasteiger partial charge in [0, 0.05) is 38.5 Å². The van der Waals surface area contributed by atoms with E-state index in [1.54, 1.807) is 0 Å². The minimum absolute atomic E-state index is 0.00882. The third kappa shape index (κ3) is 4.31. The van der Waals surface area contributed by atoms with Crippen molar-refractivity contribution in [1.29, 1.82) is 0 Å². The number of fused-ring (bicyclic) bond motifs is 1. The van der Waals surface area contributed by atoms with E-state index in [9.17, 15) is 4.79 Å². The van der Waals surface area contributed by atoms with Crippen molar-refractivity contribution in [3.63, 3.8) is 0 Å². The van der Waals surface area contributed by atoms with Crippen LogP contribution in [0.4, 0.5) is 11.4 Å². The number of benzene rings is 1. The number of hydrogen-bond acceptors (Lipinski definition) is 5. The molecule has 0 bridgehead atoms. The van der Waals surface area contributed by atoms with Crippen molar-refractivity contribution in [2.24, 2.45) is 5.92 Å². The number of hydrogen-bond donors (Lipinski definition) is 2. The molecular formula is C27H36N4O3. The molecule has 2 aliphatic carbocycles. The highest BCUT2D eigenvalue weighted by Crippen LogP contribution is 2.38. The summed E-state index contributed by atoms with van der Waals surface area (Å²) in [5.74, 6) is 0.194. The minimum Gasteiger partial charge on any atom is -0.377 e. The number of nitrogens with one attached hydrogen (secondary N) is 2. The van der Waals surface area contributed by atoms with Gasteiger partial charge in [-0.3, -0.25) is 4.57 Å². The van der Waals surface area contributed by atoms with Gasteiger partial charge in [0.05, 0.1) is 35.6 Å². The van der Waals surface area contributed by atoms with Crippen LogP contribution < -0.4 is 15.9 Å². The normalized spacial score (nSPS) is 24.9. The standard InChI is InChI=1S/C27H36N4O3/c32-26-29-23-17-22(28-21-9-5-2-6-10-21)24(30-13-11-27(12-14-30)33-15-16-34-27)18-25(23)31(26)19-20-7-3-1-4-8-20/h2,5-6,9,17-18,20-21,28H,1,3-4,7-8,10-16,19H2,(H,29,32). The number of H-pyrrole nitrogens is 1. The molecule has 6 rings (SSSR count). The number of aromatic nitrogens is 2. The summed E-state index contributed by atoms with van der Waals surface area (Å²) in [5.41, 5.74) is 4.18. The summed E-state index contributed by atoms with van der Waals surface area (Å²) in [4.78, 5) is 18.6. The van der Waals surface area contributed by atoms with E-state index in [0.717, 1.165) is 55.6 Å². The number of piperidine rings is 1. The van der Waals surface area contributed by atoms with Gasteiger partial charge in [0.25, 0.3) is 0 Å². The van der Waals surface area contributed by atoms with E-state index in [2.05, 4.69) is 51.6 Å². The molecule has 2 aliphatic heterocycles. The minimum atomic E-state index is -0.401. The first kappa shape index (κ1) is 22.0. The molecule has 3 fully saturated rings. The Labute approximate surface area is 200 Å². The average Bonchev–Trinajstić information content (AvgIpc) is 3.44. The fourth-order valence-electron chi connectivity index (χ4n) is 6.14. The van der Waals surface area contributed by atoms with Crippen molar-refractivity contribution < 1.29 is 9.47 Å². The lowest BCUT2D eigenvalue weighted by Gasteiger charge is -2.39. The Bertz CT molecular complexity index is 1120. The summed E-state index contributed by atoms with van der Waals surface area (Å²) in [6.07, 6.45) is 17.6. The highest BCUT2D eigenvalue weighted by molar-refractivity contribution is 5.88. The zero-order chi connectivity index (χ0) is 23.0. The van der Waals surface area contributed by atoms with E-state index in [1.165, 1.54) is 37.8 Å².